The highest BCUT2D eigenvalue weighted by Crippen LogP contribution is 2.27. The number of halogens is 1. The third kappa shape index (κ3) is 4.56. The van der Waals surface area contributed by atoms with Crippen molar-refractivity contribution in [2.75, 3.05) is 11.9 Å². The van der Waals surface area contributed by atoms with Gasteiger partial charge in [0, 0.05) is 6.54 Å². The number of carbonyl (C=O) groups is 2. The van der Waals surface area contributed by atoms with Gasteiger partial charge in [0.1, 0.15) is 0 Å². The van der Waals surface area contributed by atoms with Gasteiger partial charge in [-0.15, -0.1) is 0 Å². The standard InChI is InChI=1S/C14H19ClN2O2/c1-8(2)7-16-13(18)14(19)17-12-10(4)5-9(3)6-11(12)15/h5-6,8H,7H2,1-4H3,(H,16,18)(H,17,19). The first-order chi connectivity index (χ1) is 8.81. The summed E-state index contributed by atoms with van der Waals surface area (Å²) in [6.45, 7) is 8.13. The lowest BCUT2D eigenvalue weighted by molar-refractivity contribution is -0.136. The maximum absolute atomic E-state index is 11.7. The lowest BCUT2D eigenvalue weighted by Crippen LogP contribution is -2.37. The van der Waals surface area contributed by atoms with Crippen molar-refractivity contribution in [1.82, 2.24) is 5.32 Å². The zero-order valence-corrected chi connectivity index (χ0v) is 12.4. The predicted molar refractivity (Wildman–Crippen MR) is 77.4 cm³/mol. The fraction of sp³-hybridized carbons (Fsp3) is 0.429. The van der Waals surface area contributed by atoms with Crippen LogP contribution >= 0.6 is 11.6 Å². The summed E-state index contributed by atoms with van der Waals surface area (Å²) in [5.41, 5.74) is 2.32. The second-order valence-electron chi connectivity index (χ2n) is 5.00. The van der Waals surface area contributed by atoms with Gasteiger partial charge in [-0.1, -0.05) is 31.5 Å². The molecule has 0 aromatic heterocycles. The second kappa shape index (κ2) is 6.57. The van der Waals surface area contributed by atoms with Gasteiger partial charge in [-0.3, -0.25) is 9.59 Å². The van der Waals surface area contributed by atoms with Crippen LogP contribution in [0.15, 0.2) is 12.1 Å². The average molecular weight is 283 g/mol. The number of anilines is 1. The van der Waals surface area contributed by atoms with Gasteiger partial charge in [-0.05, 0) is 37.0 Å². The highest BCUT2D eigenvalue weighted by Gasteiger charge is 2.16. The molecule has 0 saturated carbocycles. The summed E-state index contributed by atoms with van der Waals surface area (Å²) in [5.74, 6) is -1.05. The first-order valence-electron chi connectivity index (χ1n) is 6.17. The van der Waals surface area contributed by atoms with E-state index in [1.54, 1.807) is 6.07 Å². The summed E-state index contributed by atoms with van der Waals surface area (Å²) in [4.78, 5) is 23.3. The molecular formula is C14H19ClN2O2. The SMILES string of the molecule is Cc1cc(C)c(NC(=O)C(=O)NCC(C)C)c(Cl)c1. The molecule has 0 fully saturated rings. The Morgan fingerprint density at radius 1 is 1.21 bits per heavy atom. The van der Waals surface area contributed by atoms with Crippen LogP contribution in [0.4, 0.5) is 5.69 Å². The first-order valence-corrected chi connectivity index (χ1v) is 6.55. The number of carbonyl (C=O) groups excluding carboxylic acids is 2. The Kier molecular flexibility index (Phi) is 5.36. The van der Waals surface area contributed by atoms with Gasteiger partial charge >= 0.3 is 11.8 Å². The second-order valence-corrected chi connectivity index (χ2v) is 5.40. The fourth-order valence-corrected chi connectivity index (χ4v) is 1.99. The molecule has 0 unspecified atom stereocenters. The molecule has 0 bridgehead atoms. The van der Waals surface area contributed by atoms with Crippen LogP contribution in [0.1, 0.15) is 25.0 Å². The van der Waals surface area contributed by atoms with E-state index in [2.05, 4.69) is 10.6 Å². The summed E-state index contributed by atoms with van der Waals surface area (Å²) >= 11 is 6.06. The molecule has 1 aromatic rings. The van der Waals surface area contributed by atoms with Crippen molar-refractivity contribution in [2.24, 2.45) is 5.92 Å². The molecule has 1 aromatic carbocycles. The molecule has 0 heterocycles. The zero-order chi connectivity index (χ0) is 14.6. The molecule has 0 radical (unpaired) electrons. The molecule has 0 aliphatic rings. The summed E-state index contributed by atoms with van der Waals surface area (Å²) in [7, 11) is 0. The Morgan fingerprint density at radius 3 is 2.37 bits per heavy atom. The van der Waals surface area contributed by atoms with Gasteiger partial charge in [0.25, 0.3) is 0 Å². The molecule has 19 heavy (non-hydrogen) atoms. The topological polar surface area (TPSA) is 58.2 Å². The molecule has 0 atom stereocenters. The summed E-state index contributed by atoms with van der Waals surface area (Å²) in [6, 6.07) is 3.64. The summed E-state index contributed by atoms with van der Waals surface area (Å²) in [5, 5.41) is 5.54. The summed E-state index contributed by atoms with van der Waals surface area (Å²) < 4.78 is 0. The van der Waals surface area contributed by atoms with E-state index in [0.717, 1.165) is 11.1 Å². The molecular weight excluding hydrogens is 264 g/mol. The molecule has 5 heteroatoms. The van der Waals surface area contributed by atoms with Crippen molar-refractivity contribution in [3.63, 3.8) is 0 Å². The number of amides is 2. The first kappa shape index (κ1) is 15.5. The quantitative estimate of drug-likeness (QED) is 0.838. The minimum atomic E-state index is -0.700. The van der Waals surface area contributed by atoms with Crippen LogP contribution in [0, 0.1) is 19.8 Å². The fourth-order valence-electron chi connectivity index (χ4n) is 1.62. The van der Waals surface area contributed by atoms with Gasteiger partial charge < -0.3 is 10.6 Å². The van der Waals surface area contributed by atoms with Crippen molar-refractivity contribution in [1.29, 1.82) is 0 Å². The lowest BCUT2D eigenvalue weighted by Gasteiger charge is -2.12. The largest absolute Gasteiger partial charge is 0.348 e. The van der Waals surface area contributed by atoms with Crippen LogP contribution < -0.4 is 10.6 Å². The number of hydrogen-bond donors (Lipinski definition) is 2. The van der Waals surface area contributed by atoms with E-state index in [9.17, 15) is 9.59 Å². The maximum atomic E-state index is 11.7. The minimum Gasteiger partial charge on any atom is -0.348 e. The van der Waals surface area contributed by atoms with Crippen molar-refractivity contribution in [3.8, 4) is 0 Å². The van der Waals surface area contributed by atoms with Gasteiger partial charge in [0.2, 0.25) is 0 Å². The Bertz CT molecular complexity index is 475. The van der Waals surface area contributed by atoms with Crippen LogP contribution in [0.2, 0.25) is 5.02 Å². The number of rotatable bonds is 3. The Morgan fingerprint density at radius 2 is 1.84 bits per heavy atom. The highest BCUT2D eigenvalue weighted by molar-refractivity contribution is 6.41. The van der Waals surface area contributed by atoms with Gasteiger partial charge in [-0.25, -0.2) is 0 Å². The molecule has 0 saturated heterocycles. The molecule has 0 aliphatic carbocycles. The Labute approximate surface area is 118 Å². The van der Waals surface area contributed by atoms with Crippen molar-refractivity contribution in [3.05, 3.63) is 28.3 Å². The Hall–Kier alpha value is -1.55. The van der Waals surface area contributed by atoms with Crippen LogP contribution in [-0.2, 0) is 9.59 Å². The van der Waals surface area contributed by atoms with Gasteiger partial charge in [0.05, 0.1) is 10.7 Å². The van der Waals surface area contributed by atoms with E-state index < -0.39 is 11.8 Å². The normalized spacial score (nSPS) is 10.4. The number of hydrogen-bond acceptors (Lipinski definition) is 2. The summed E-state index contributed by atoms with van der Waals surface area (Å²) in [6.07, 6.45) is 0. The number of aryl methyl sites for hydroxylation is 2. The number of benzene rings is 1. The van der Waals surface area contributed by atoms with Gasteiger partial charge in [-0.2, -0.15) is 0 Å². The highest BCUT2D eigenvalue weighted by atomic mass is 35.5. The predicted octanol–water partition coefficient (Wildman–Crippen LogP) is 2.67. The third-order valence-electron chi connectivity index (χ3n) is 2.55. The van der Waals surface area contributed by atoms with E-state index in [1.165, 1.54) is 0 Å². The minimum absolute atomic E-state index is 0.293. The van der Waals surface area contributed by atoms with Crippen LogP contribution in [-0.4, -0.2) is 18.4 Å². The van der Waals surface area contributed by atoms with E-state index >= 15 is 0 Å². The van der Waals surface area contributed by atoms with Crippen LogP contribution in [0.5, 0.6) is 0 Å². The molecule has 4 nitrogen and oxygen atoms in total. The van der Waals surface area contributed by atoms with Crippen molar-refractivity contribution in [2.45, 2.75) is 27.7 Å². The molecule has 2 N–H and O–H groups in total. The lowest BCUT2D eigenvalue weighted by atomic mass is 10.1. The van der Waals surface area contributed by atoms with E-state index in [-0.39, 0.29) is 0 Å². The number of nitrogens with one attached hydrogen (secondary N) is 2. The smallest absolute Gasteiger partial charge is 0.313 e. The van der Waals surface area contributed by atoms with Gasteiger partial charge in [0.15, 0.2) is 0 Å². The molecule has 104 valence electrons. The van der Waals surface area contributed by atoms with Crippen LogP contribution in [0.25, 0.3) is 0 Å². The molecule has 1 rings (SSSR count). The van der Waals surface area contributed by atoms with E-state index in [4.69, 9.17) is 11.6 Å². The van der Waals surface area contributed by atoms with E-state index in [1.807, 2.05) is 33.8 Å². The van der Waals surface area contributed by atoms with Crippen LogP contribution in [0.3, 0.4) is 0 Å². The Balaban J connectivity index is 2.75. The zero-order valence-electron chi connectivity index (χ0n) is 11.6. The van der Waals surface area contributed by atoms with E-state index in [0.29, 0.717) is 23.2 Å². The average Bonchev–Trinajstić information content (AvgIpc) is 2.30. The molecule has 0 aliphatic heterocycles. The van der Waals surface area contributed by atoms with Crippen molar-refractivity contribution < 1.29 is 9.59 Å². The molecule has 2 amide bonds. The maximum Gasteiger partial charge on any atom is 0.313 e. The van der Waals surface area contributed by atoms with Crippen molar-refractivity contribution >= 4 is 29.1 Å². The molecule has 0 spiro atoms. The third-order valence-corrected chi connectivity index (χ3v) is 2.85. The monoisotopic (exact) mass is 282 g/mol.